The minimum Gasteiger partial charge on any atom is -0.462 e. The minimum atomic E-state index is -0.772. The van der Waals surface area contributed by atoms with Gasteiger partial charge in [-0.05, 0) is 70.6 Å². The molecule has 0 saturated carbocycles. The zero-order valence-electron chi connectivity index (χ0n) is 53.0. The van der Waals surface area contributed by atoms with E-state index in [9.17, 15) is 14.4 Å². The molecule has 6 heteroatoms. The largest absolute Gasteiger partial charge is 0.462 e. The van der Waals surface area contributed by atoms with Crippen LogP contribution < -0.4 is 0 Å². The molecule has 0 aliphatic carbocycles. The smallest absolute Gasteiger partial charge is 0.306 e. The Kier molecular flexibility index (Phi) is 65.6. The molecule has 0 aliphatic heterocycles. The molecular formula is C72H136O6. The summed E-state index contributed by atoms with van der Waals surface area (Å²) in [6.45, 7) is 6.71. The predicted octanol–water partition coefficient (Wildman–Crippen LogP) is 24.2. The topological polar surface area (TPSA) is 78.9 Å². The SMILES string of the molecule is CCCCCCCC/C=C\CCCCCCCCCCCC(=O)OC(COC(=O)CCCCCCCCC/C=C\CCCCCCCCC)COC(=O)CCCCCCCCCCCCCCCCCCCCCCCCC. The summed E-state index contributed by atoms with van der Waals surface area (Å²) in [5.74, 6) is -0.842. The van der Waals surface area contributed by atoms with E-state index in [1.54, 1.807) is 0 Å². The maximum Gasteiger partial charge on any atom is 0.306 e. The normalized spacial score (nSPS) is 12.1. The second kappa shape index (κ2) is 67.4. The Labute approximate surface area is 487 Å². The van der Waals surface area contributed by atoms with Crippen LogP contribution in [0.5, 0.6) is 0 Å². The van der Waals surface area contributed by atoms with Gasteiger partial charge in [0.1, 0.15) is 13.2 Å². The number of carbonyl (C=O) groups is 3. The number of esters is 3. The highest BCUT2D eigenvalue weighted by Crippen LogP contribution is 2.18. The van der Waals surface area contributed by atoms with E-state index >= 15 is 0 Å². The molecule has 78 heavy (non-hydrogen) atoms. The third kappa shape index (κ3) is 64.7. The first-order valence-corrected chi connectivity index (χ1v) is 35.3. The Bertz CT molecular complexity index is 1260. The number of unbranched alkanes of at least 4 members (excludes halogenated alkanes) is 51. The number of ether oxygens (including phenoxy) is 3. The first-order chi connectivity index (χ1) is 38.5. The fourth-order valence-corrected chi connectivity index (χ4v) is 10.8. The van der Waals surface area contributed by atoms with Crippen molar-refractivity contribution in [1.29, 1.82) is 0 Å². The van der Waals surface area contributed by atoms with Crippen LogP contribution in [-0.2, 0) is 28.6 Å². The molecule has 0 N–H and O–H groups in total. The van der Waals surface area contributed by atoms with Gasteiger partial charge in [-0.25, -0.2) is 0 Å². The quantitative estimate of drug-likeness (QED) is 0.0261. The lowest BCUT2D eigenvalue weighted by molar-refractivity contribution is -0.167. The van der Waals surface area contributed by atoms with Gasteiger partial charge in [-0.1, -0.05) is 334 Å². The maximum absolute atomic E-state index is 13.0. The Morgan fingerprint density at radius 2 is 0.423 bits per heavy atom. The molecule has 0 aromatic heterocycles. The van der Waals surface area contributed by atoms with Gasteiger partial charge < -0.3 is 14.2 Å². The Morgan fingerprint density at radius 3 is 0.641 bits per heavy atom. The van der Waals surface area contributed by atoms with Gasteiger partial charge in [0.2, 0.25) is 0 Å². The van der Waals surface area contributed by atoms with Crippen molar-refractivity contribution in [3.63, 3.8) is 0 Å². The molecule has 0 radical (unpaired) electrons. The summed E-state index contributed by atoms with van der Waals surface area (Å²) in [6.07, 6.45) is 82.0. The molecule has 0 spiro atoms. The number of hydrogen-bond acceptors (Lipinski definition) is 6. The number of rotatable bonds is 66. The third-order valence-corrected chi connectivity index (χ3v) is 16.2. The summed E-state index contributed by atoms with van der Waals surface area (Å²) < 4.78 is 17.0. The van der Waals surface area contributed by atoms with Crippen LogP contribution in [0.2, 0.25) is 0 Å². The number of allylic oxidation sites excluding steroid dienone is 4. The second-order valence-electron chi connectivity index (χ2n) is 24.1. The van der Waals surface area contributed by atoms with Crippen molar-refractivity contribution in [1.82, 2.24) is 0 Å². The fraction of sp³-hybridized carbons (Fsp3) is 0.903. The highest BCUT2D eigenvalue weighted by atomic mass is 16.6. The van der Waals surface area contributed by atoms with Crippen molar-refractivity contribution in [2.75, 3.05) is 13.2 Å². The lowest BCUT2D eigenvalue weighted by Crippen LogP contribution is -2.30. The van der Waals surface area contributed by atoms with E-state index in [1.165, 1.54) is 302 Å². The van der Waals surface area contributed by atoms with Crippen LogP contribution in [0, 0.1) is 0 Å². The summed E-state index contributed by atoms with van der Waals surface area (Å²) in [5.41, 5.74) is 0. The van der Waals surface area contributed by atoms with Crippen LogP contribution >= 0.6 is 0 Å². The lowest BCUT2D eigenvalue weighted by Gasteiger charge is -2.18. The van der Waals surface area contributed by atoms with Gasteiger partial charge in [0.25, 0.3) is 0 Å². The molecular weight excluding hydrogens is 961 g/mol. The van der Waals surface area contributed by atoms with Crippen molar-refractivity contribution in [3.05, 3.63) is 24.3 Å². The molecule has 1 atom stereocenters. The van der Waals surface area contributed by atoms with Crippen LogP contribution in [-0.4, -0.2) is 37.2 Å². The van der Waals surface area contributed by atoms with Gasteiger partial charge in [-0.3, -0.25) is 14.4 Å². The van der Waals surface area contributed by atoms with E-state index in [4.69, 9.17) is 14.2 Å². The predicted molar refractivity (Wildman–Crippen MR) is 340 cm³/mol. The summed E-state index contributed by atoms with van der Waals surface area (Å²) in [4.78, 5) is 38.5. The summed E-state index contributed by atoms with van der Waals surface area (Å²) >= 11 is 0. The molecule has 0 bridgehead atoms. The van der Waals surface area contributed by atoms with Crippen molar-refractivity contribution >= 4 is 17.9 Å². The molecule has 6 nitrogen and oxygen atoms in total. The van der Waals surface area contributed by atoms with Gasteiger partial charge in [-0.2, -0.15) is 0 Å². The van der Waals surface area contributed by atoms with Crippen LogP contribution in [0.4, 0.5) is 0 Å². The van der Waals surface area contributed by atoms with Crippen molar-refractivity contribution in [2.24, 2.45) is 0 Å². The number of hydrogen-bond donors (Lipinski definition) is 0. The van der Waals surface area contributed by atoms with Gasteiger partial charge in [-0.15, -0.1) is 0 Å². The van der Waals surface area contributed by atoms with Crippen molar-refractivity contribution in [2.45, 2.75) is 406 Å². The Balaban J connectivity index is 4.29. The highest BCUT2D eigenvalue weighted by molar-refractivity contribution is 5.71. The molecule has 0 saturated heterocycles. The van der Waals surface area contributed by atoms with E-state index in [2.05, 4.69) is 45.1 Å². The molecule has 0 amide bonds. The van der Waals surface area contributed by atoms with E-state index < -0.39 is 6.10 Å². The minimum absolute atomic E-state index is 0.0678. The zero-order chi connectivity index (χ0) is 56.4. The average molecular weight is 1100 g/mol. The van der Waals surface area contributed by atoms with E-state index in [0.29, 0.717) is 19.3 Å². The first-order valence-electron chi connectivity index (χ1n) is 35.3. The third-order valence-electron chi connectivity index (χ3n) is 16.2. The fourth-order valence-electron chi connectivity index (χ4n) is 10.8. The Hall–Kier alpha value is -2.11. The monoisotopic (exact) mass is 1100 g/mol. The summed E-state index contributed by atoms with van der Waals surface area (Å²) in [5, 5.41) is 0. The second-order valence-corrected chi connectivity index (χ2v) is 24.1. The van der Waals surface area contributed by atoms with Gasteiger partial charge in [0, 0.05) is 19.3 Å². The molecule has 460 valence electrons. The van der Waals surface area contributed by atoms with Gasteiger partial charge >= 0.3 is 17.9 Å². The van der Waals surface area contributed by atoms with Crippen LogP contribution in [0.3, 0.4) is 0 Å². The average Bonchev–Trinajstić information content (AvgIpc) is 3.44. The summed E-state index contributed by atoms with van der Waals surface area (Å²) in [7, 11) is 0. The molecule has 0 aliphatic rings. The highest BCUT2D eigenvalue weighted by Gasteiger charge is 2.19. The van der Waals surface area contributed by atoms with Gasteiger partial charge in [0.05, 0.1) is 0 Å². The maximum atomic E-state index is 13.0. The van der Waals surface area contributed by atoms with Crippen LogP contribution in [0.25, 0.3) is 0 Å². The summed E-state index contributed by atoms with van der Waals surface area (Å²) in [6, 6.07) is 0. The van der Waals surface area contributed by atoms with E-state index in [-0.39, 0.29) is 31.1 Å². The van der Waals surface area contributed by atoms with E-state index in [0.717, 1.165) is 57.8 Å². The Morgan fingerprint density at radius 1 is 0.244 bits per heavy atom. The molecule has 0 rings (SSSR count). The first kappa shape index (κ1) is 75.9. The molecule has 0 aromatic carbocycles. The van der Waals surface area contributed by atoms with Gasteiger partial charge in [0.15, 0.2) is 6.10 Å². The number of carbonyl (C=O) groups excluding carboxylic acids is 3. The standard InChI is InChI=1S/C72H136O6/c1-4-7-10-13-16-19-22-25-28-31-34-35-36-37-39-41-44-47-50-53-56-59-62-65-71(74)77-68-69(67-76-70(73)64-61-58-55-52-49-46-43-40-33-30-27-24-21-18-15-12-9-6-3)78-72(75)66-63-60-57-54-51-48-45-42-38-32-29-26-23-20-17-14-11-8-5-2/h26,29-30,33,69H,4-25,27-28,31-32,34-68H2,1-3H3/b29-26-,33-30-. The lowest BCUT2D eigenvalue weighted by atomic mass is 10.0. The molecule has 0 fully saturated rings. The zero-order valence-corrected chi connectivity index (χ0v) is 53.0. The van der Waals surface area contributed by atoms with Crippen molar-refractivity contribution < 1.29 is 28.6 Å². The molecule has 0 heterocycles. The molecule has 0 aromatic rings. The van der Waals surface area contributed by atoms with E-state index in [1.807, 2.05) is 0 Å². The van der Waals surface area contributed by atoms with Crippen LogP contribution in [0.15, 0.2) is 24.3 Å². The van der Waals surface area contributed by atoms with Crippen molar-refractivity contribution in [3.8, 4) is 0 Å². The van der Waals surface area contributed by atoms with Crippen LogP contribution in [0.1, 0.15) is 400 Å². The molecule has 1 unspecified atom stereocenters.